The van der Waals surface area contributed by atoms with Crippen molar-refractivity contribution < 1.29 is 24.2 Å². The van der Waals surface area contributed by atoms with E-state index in [1.165, 1.54) is 7.11 Å². The molecule has 110 valence electrons. The van der Waals surface area contributed by atoms with E-state index in [1.54, 1.807) is 18.2 Å². The fourth-order valence-corrected chi connectivity index (χ4v) is 1.83. The third kappa shape index (κ3) is 5.58. The fraction of sp³-hybridized carbons (Fsp3) is 0.385. The zero-order valence-corrected chi connectivity index (χ0v) is 12.6. The van der Waals surface area contributed by atoms with Gasteiger partial charge in [0.25, 0.3) is 5.91 Å². The lowest BCUT2D eigenvalue weighted by Crippen LogP contribution is -2.43. The predicted octanol–water partition coefficient (Wildman–Crippen LogP) is 1.43. The molecule has 1 unspecified atom stereocenters. The van der Waals surface area contributed by atoms with Crippen molar-refractivity contribution >= 4 is 27.8 Å². The van der Waals surface area contributed by atoms with E-state index in [9.17, 15) is 9.59 Å². The van der Waals surface area contributed by atoms with Crippen LogP contribution in [0.2, 0.25) is 0 Å². The lowest BCUT2D eigenvalue weighted by molar-refractivity contribution is -0.142. The van der Waals surface area contributed by atoms with Gasteiger partial charge in [0.1, 0.15) is 11.8 Å². The Morgan fingerprint density at radius 2 is 2.10 bits per heavy atom. The summed E-state index contributed by atoms with van der Waals surface area (Å²) in [4.78, 5) is 22.6. The van der Waals surface area contributed by atoms with Crippen LogP contribution in [-0.2, 0) is 14.3 Å². The summed E-state index contributed by atoms with van der Waals surface area (Å²) in [5, 5.41) is 11.3. The van der Waals surface area contributed by atoms with Gasteiger partial charge in [-0.15, -0.1) is 0 Å². The first kappa shape index (κ1) is 16.5. The molecule has 1 aromatic carbocycles. The Balaban J connectivity index is 2.46. The number of nitrogens with one attached hydrogen (secondary N) is 1. The molecule has 0 aromatic heterocycles. The molecular formula is C13H16BrNO5. The molecular weight excluding hydrogens is 330 g/mol. The van der Waals surface area contributed by atoms with E-state index in [2.05, 4.69) is 21.2 Å². The lowest BCUT2D eigenvalue weighted by Gasteiger charge is -2.14. The smallest absolute Gasteiger partial charge is 0.326 e. The van der Waals surface area contributed by atoms with E-state index >= 15 is 0 Å². The summed E-state index contributed by atoms with van der Waals surface area (Å²) >= 11 is 3.29. The Kier molecular flexibility index (Phi) is 7.03. The molecule has 0 spiro atoms. The van der Waals surface area contributed by atoms with Crippen LogP contribution < -0.4 is 10.1 Å². The van der Waals surface area contributed by atoms with Gasteiger partial charge in [-0.2, -0.15) is 0 Å². The van der Waals surface area contributed by atoms with Gasteiger partial charge in [0.2, 0.25) is 0 Å². The number of hydrogen-bond donors (Lipinski definition) is 2. The number of aliphatic carboxylic acids is 1. The molecule has 7 heteroatoms. The first-order valence-corrected chi connectivity index (χ1v) is 6.72. The standard InChI is InChI=1S/C13H16BrNO5/c1-19-7-6-10(13(17)18)15-12(16)8-20-11-5-3-2-4-9(11)14/h2-5,10H,6-8H2,1H3,(H,15,16)(H,17,18). The first-order valence-electron chi connectivity index (χ1n) is 5.93. The lowest BCUT2D eigenvalue weighted by atomic mass is 10.2. The number of halogens is 1. The predicted molar refractivity (Wildman–Crippen MR) is 75.7 cm³/mol. The molecule has 1 rings (SSSR count). The zero-order valence-electron chi connectivity index (χ0n) is 11.0. The van der Waals surface area contributed by atoms with Crippen LogP contribution in [0.25, 0.3) is 0 Å². The highest BCUT2D eigenvalue weighted by atomic mass is 79.9. The number of benzene rings is 1. The highest BCUT2D eigenvalue weighted by molar-refractivity contribution is 9.10. The zero-order chi connectivity index (χ0) is 15.0. The molecule has 0 saturated heterocycles. The van der Waals surface area contributed by atoms with Crippen LogP contribution in [0.5, 0.6) is 5.75 Å². The second kappa shape index (κ2) is 8.55. The summed E-state index contributed by atoms with van der Waals surface area (Å²) in [6, 6.07) is 6.10. The van der Waals surface area contributed by atoms with Crippen molar-refractivity contribution in [3.05, 3.63) is 28.7 Å². The Bertz CT molecular complexity index is 466. The van der Waals surface area contributed by atoms with Crippen LogP contribution in [0, 0.1) is 0 Å². The topological polar surface area (TPSA) is 84.9 Å². The number of methoxy groups -OCH3 is 1. The van der Waals surface area contributed by atoms with Gasteiger partial charge in [-0.25, -0.2) is 4.79 Å². The number of carboxylic acid groups (broad SMARTS) is 1. The van der Waals surface area contributed by atoms with E-state index in [0.717, 1.165) is 4.47 Å². The van der Waals surface area contributed by atoms with Crippen molar-refractivity contribution in [3.63, 3.8) is 0 Å². The molecule has 0 aliphatic heterocycles. The monoisotopic (exact) mass is 345 g/mol. The second-order valence-corrected chi connectivity index (χ2v) is 4.81. The van der Waals surface area contributed by atoms with Gasteiger partial charge < -0.3 is 19.9 Å². The number of rotatable bonds is 8. The Morgan fingerprint density at radius 3 is 2.70 bits per heavy atom. The SMILES string of the molecule is COCCC(NC(=O)COc1ccccc1Br)C(=O)O. The second-order valence-electron chi connectivity index (χ2n) is 3.96. The van der Waals surface area contributed by atoms with Gasteiger partial charge in [0.05, 0.1) is 4.47 Å². The minimum absolute atomic E-state index is 0.201. The summed E-state index contributed by atoms with van der Waals surface area (Å²) in [6.07, 6.45) is 0.201. The molecule has 0 heterocycles. The van der Waals surface area contributed by atoms with Gasteiger partial charge in [-0.3, -0.25) is 4.79 Å². The molecule has 0 saturated carbocycles. The Labute approximate surface area is 125 Å². The van der Waals surface area contributed by atoms with Gasteiger partial charge in [0.15, 0.2) is 6.61 Å². The quantitative estimate of drug-likeness (QED) is 0.744. The number of carboxylic acids is 1. The summed E-state index contributed by atoms with van der Waals surface area (Å²) in [5.41, 5.74) is 0. The van der Waals surface area contributed by atoms with Gasteiger partial charge >= 0.3 is 5.97 Å². The molecule has 1 amide bonds. The van der Waals surface area contributed by atoms with Gasteiger partial charge in [0, 0.05) is 20.1 Å². The molecule has 0 aliphatic rings. The molecule has 0 bridgehead atoms. The number of carbonyl (C=O) groups excluding carboxylic acids is 1. The largest absolute Gasteiger partial charge is 0.483 e. The number of hydrogen-bond acceptors (Lipinski definition) is 4. The third-order valence-corrected chi connectivity index (χ3v) is 3.09. The van der Waals surface area contributed by atoms with Crippen molar-refractivity contribution in [1.82, 2.24) is 5.32 Å². The Morgan fingerprint density at radius 1 is 1.40 bits per heavy atom. The molecule has 20 heavy (non-hydrogen) atoms. The average Bonchev–Trinajstić information content (AvgIpc) is 2.42. The summed E-state index contributed by atoms with van der Waals surface area (Å²) < 4.78 is 10.8. The molecule has 2 N–H and O–H groups in total. The minimum Gasteiger partial charge on any atom is -0.483 e. The number of carbonyl (C=O) groups is 2. The van der Waals surface area contributed by atoms with Gasteiger partial charge in [-0.1, -0.05) is 12.1 Å². The fourth-order valence-electron chi connectivity index (χ4n) is 1.43. The highest BCUT2D eigenvalue weighted by Gasteiger charge is 2.19. The summed E-state index contributed by atoms with van der Waals surface area (Å²) in [7, 11) is 1.47. The van der Waals surface area contributed by atoms with E-state index in [0.29, 0.717) is 5.75 Å². The van der Waals surface area contributed by atoms with E-state index in [4.69, 9.17) is 14.6 Å². The van der Waals surface area contributed by atoms with Crippen molar-refractivity contribution in [3.8, 4) is 5.75 Å². The van der Waals surface area contributed by atoms with Crippen LogP contribution in [0.4, 0.5) is 0 Å². The van der Waals surface area contributed by atoms with Crippen molar-refractivity contribution in [1.29, 1.82) is 0 Å². The molecule has 6 nitrogen and oxygen atoms in total. The molecule has 0 aliphatic carbocycles. The van der Waals surface area contributed by atoms with Gasteiger partial charge in [-0.05, 0) is 28.1 Å². The number of amides is 1. The number of para-hydroxylation sites is 1. The number of ether oxygens (including phenoxy) is 2. The first-order chi connectivity index (χ1) is 9.54. The molecule has 0 fully saturated rings. The maximum atomic E-state index is 11.7. The van der Waals surface area contributed by atoms with E-state index in [1.807, 2.05) is 6.07 Å². The van der Waals surface area contributed by atoms with Crippen LogP contribution >= 0.6 is 15.9 Å². The summed E-state index contributed by atoms with van der Waals surface area (Å²) in [6.45, 7) is 0.00170. The molecule has 1 aromatic rings. The van der Waals surface area contributed by atoms with Crippen LogP contribution in [0.1, 0.15) is 6.42 Å². The normalized spacial score (nSPS) is 11.7. The average molecular weight is 346 g/mol. The molecule has 0 radical (unpaired) electrons. The van der Waals surface area contributed by atoms with Crippen molar-refractivity contribution in [2.75, 3.05) is 20.3 Å². The van der Waals surface area contributed by atoms with Crippen molar-refractivity contribution in [2.45, 2.75) is 12.5 Å². The van der Waals surface area contributed by atoms with Crippen molar-refractivity contribution in [2.24, 2.45) is 0 Å². The summed E-state index contributed by atoms with van der Waals surface area (Å²) in [5.74, 6) is -1.08. The van der Waals surface area contributed by atoms with Crippen LogP contribution in [-0.4, -0.2) is 43.3 Å². The van der Waals surface area contributed by atoms with Crippen LogP contribution in [0.15, 0.2) is 28.7 Å². The van der Waals surface area contributed by atoms with Crippen LogP contribution in [0.3, 0.4) is 0 Å². The highest BCUT2D eigenvalue weighted by Crippen LogP contribution is 2.23. The van der Waals surface area contributed by atoms with E-state index < -0.39 is 17.9 Å². The maximum Gasteiger partial charge on any atom is 0.326 e. The Hall–Kier alpha value is -1.60. The molecule has 1 atom stereocenters. The third-order valence-electron chi connectivity index (χ3n) is 2.44. The van der Waals surface area contributed by atoms with E-state index in [-0.39, 0.29) is 19.6 Å². The maximum absolute atomic E-state index is 11.7. The minimum atomic E-state index is -1.10.